The Morgan fingerprint density at radius 2 is 1.82 bits per heavy atom. The lowest BCUT2D eigenvalue weighted by Gasteiger charge is -2.11. The van der Waals surface area contributed by atoms with Crippen molar-refractivity contribution in [3.8, 4) is 22.8 Å². The third-order valence-corrected chi connectivity index (χ3v) is 2.28. The molecule has 0 aliphatic rings. The summed E-state index contributed by atoms with van der Waals surface area (Å²) < 4.78 is 15.9. The van der Waals surface area contributed by atoms with Gasteiger partial charge < -0.3 is 14.0 Å². The van der Waals surface area contributed by atoms with Crippen LogP contribution in [0.15, 0.2) is 35.1 Å². The normalized spacial score (nSPS) is 10.2. The molecule has 17 heavy (non-hydrogen) atoms. The van der Waals surface area contributed by atoms with Crippen molar-refractivity contribution >= 4 is 0 Å². The van der Waals surface area contributed by atoms with Crippen LogP contribution in [0.3, 0.4) is 0 Å². The second-order valence-electron chi connectivity index (χ2n) is 3.41. The van der Waals surface area contributed by atoms with E-state index in [9.17, 15) is 0 Å². The van der Waals surface area contributed by atoms with Gasteiger partial charge in [0.1, 0.15) is 12.0 Å². The number of ether oxygens (including phenoxy) is 2. The van der Waals surface area contributed by atoms with E-state index in [2.05, 4.69) is 5.16 Å². The summed E-state index contributed by atoms with van der Waals surface area (Å²) in [4.78, 5) is 0. The highest BCUT2D eigenvalue weighted by Gasteiger charge is 2.08. The molecule has 0 saturated heterocycles. The fourth-order valence-electron chi connectivity index (χ4n) is 1.57. The molecule has 0 amide bonds. The summed E-state index contributed by atoms with van der Waals surface area (Å²) >= 11 is 0. The van der Waals surface area contributed by atoms with Gasteiger partial charge in [-0.2, -0.15) is 0 Å². The molecule has 4 nitrogen and oxygen atoms in total. The van der Waals surface area contributed by atoms with Gasteiger partial charge in [-0.15, -0.1) is 0 Å². The van der Waals surface area contributed by atoms with Crippen molar-refractivity contribution in [2.75, 3.05) is 13.2 Å². The Labute approximate surface area is 100 Å². The molecule has 90 valence electrons. The van der Waals surface area contributed by atoms with Gasteiger partial charge in [-0.3, -0.25) is 0 Å². The maximum atomic E-state index is 5.54. The lowest BCUT2D eigenvalue weighted by molar-refractivity contribution is 0.288. The third-order valence-electron chi connectivity index (χ3n) is 2.28. The van der Waals surface area contributed by atoms with Crippen molar-refractivity contribution in [1.29, 1.82) is 0 Å². The third kappa shape index (κ3) is 2.58. The number of nitrogens with zero attached hydrogens (tertiary/aromatic N) is 1. The molecule has 1 heterocycles. The quantitative estimate of drug-likeness (QED) is 0.795. The van der Waals surface area contributed by atoms with Gasteiger partial charge in [0.2, 0.25) is 0 Å². The molecule has 2 rings (SSSR count). The van der Waals surface area contributed by atoms with Crippen LogP contribution in [-0.2, 0) is 0 Å². The second kappa shape index (κ2) is 5.39. The molecule has 0 atom stereocenters. The predicted octanol–water partition coefficient (Wildman–Crippen LogP) is 3.14. The largest absolute Gasteiger partial charge is 0.490 e. The lowest BCUT2D eigenvalue weighted by Crippen LogP contribution is -1.98. The molecule has 0 aliphatic heterocycles. The highest BCUT2D eigenvalue weighted by atomic mass is 16.5. The summed E-state index contributed by atoms with van der Waals surface area (Å²) in [7, 11) is 0. The molecule has 0 bridgehead atoms. The van der Waals surface area contributed by atoms with E-state index in [0.29, 0.717) is 13.2 Å². The fourth-order valence-corrected chi connectivity index (χ4v) is 1.57. The lowest BCUT2D eigenvalue weighted by atomic mass is 10.1. The van der Waals surface area contributed by atoms with Gasteiger partial charge in [-0.25, -0.2) is 0 Å². The van der Waals surface area contributed by atoms with Gasteiger partial charge >= 0.3 is 0 Å². The van der Waals surface area contributed by atoms with E-state index in [1.807, 2.05) is 38.1 Å². The molecule has 0 radical (unpaired) electrons. The van der Waals surface area contributed by atoms with Gasteiger partial charge in [0.25, 0.3) is 0 Å². The molecule has 4 heteroatoms. The molecule has 1 aromatic heterocycles. The zero-order chi connectivity index (χ0) is 12.1. The first-order valence-corrected chi connectivity index (χ1v) is 5.65. The average Bonchev–Trinajstić information content (AvgIpc) is 2.85. The number of rotatable bonds is 5. The van der Waals surface area contributed by atoms with E-state index in [0.717, 1.165) is 22.8 Å². The molecule has 0 N–H and O–H groups in total. The summed E-state index contributed by atoms with van der Waals surface area (Å²) in [5.41, 5.74) is 1.74. The van der Waals surface area contributed by atoms with Crippen LogP contribution in [0.5, 0.6) is 11.5 Å². The van der Waals surface area contributed by atoms with Crippen molar-refractivity contribution in [2.24, 2.45) is 0 Å². The number of hydrogen-bond donors (Lipinski definition) is 0. The van der Waals surface area contributed by atoms with Crippen LogP contribution < -0.4 is 9.47 Å². The average molecular weight is 233 g/mol. The Hall–Kier alpha value is -1.97. The molecule has 0 unspecified atom stereocenters. The zero-order valence-electron chi connectivity index (χ0n) is 9.97. The second-order valence-corrected chi connectivity index (χ2v) is 3.41. The van der Waals surface area contributed by atoms with Gasteiger partial charge in [-0.1, -0.05) is 5.16 Å². The van der Waals surface area contributed by atoms with Gasteiger partial charge in [0, 0.05) is 11.6 Å². The van der Waals surface area contributed by atoms with Crippen LogP contribution in [0, 0.1) is 0 Å². The molecule has 0 saturated carbocycles. The molecule has 0 fully saturated rings. The monoisotopic (exact) mass is 233 g/mol. The minimum absolute atomic E-state index is 0.600. The zero-order valence-corrected chi connectivity index (χ0v) is 9.97. The van der Waals surface area contributed by atoms with E-state index >= 15 is 0 Å². The van der Waals surface area contributed by atoms with Crippen LogP contribution >= 0.6 is 0 Å². The molecule has 0 aliphatic carbocycles. The van der Waals surface area contributed by atoms with Gasteiger partial charge in [0.05, 0.1) is 13.2 Å². The van der Waals surface area contributed by atoms with Crippen LogP contribution in [0.4, 0.5) is 0 Å². The molecule has 1 aromatic carbocycles. The molecule has 2 aromatic rings. The minimum Gasteiger partial charge on any atom is -0.490 e. The first-order chi connectivity index (χ1) is 8.35. The molecule has 0 spiro atoms. The molecular weight excluding hydrogens is 218 g/mol. The van der Waals surface area contributed by atoms with Crippen LogP contribution in [0.2, 0.25) is 0 Å². The highest BCUT2D eigenvalue weighted by molar-refractivity contribution is 5.63. The Morgan fingerprint density at radius 3 is 2.47 bits per heavy atom. The Morgan fingerprint density at radius 1 is 1.06 bits per heavy atom. The van der Waals surface area contributed by atoms with Crippen molar-refractivity contribution < 1.29 is 14.0 Å². The Kier molecular flexibility index (Phi) is 3.65. The summed E-state index contributed by atoms with van der Waals surface area (Å²) in [5.74, 6) is 1.48. The maximum absolute atomic E-state index is 5.54. The van der Waals surface area contributed by atoms with Crippen molar-refractivity contribution in [3.63, 3.8) is 0 Å². The predicted molar refractivity (Wildman–Crippen MR) is 64.3 cm³/mol. The summed E-state index contributed by atoms with van der Waals surface area (Å²) in [6.07, 6.45) is 1.55. The summed E-state index contributed by atoms with van der Waals surface area (Å²) in [6.45, 7) is 5.10. The standard InChI is InChI=1S/C13H15NO3/c1-3-15-12-6-5-10(9-13(12)16-4-2)11-7-8-17-14-11/h5-9H,3-4H2,1-2H3. The van der Waals surface area contributed by atoms with Crippen molar-refractivity contribution in [1.82, 2.24) is 5.16 Å². The highest BCUT2D eigenvalue weighted by Crippen LogP contribution is 2.32. The SMILES string of the molecule is CCOc1ccc(-c2ccon2)cc1OCC. The minimum atomic E-state index is 0.600. The Balaban J connectivity index is 2.34. The summed E-state index contributed by atoms with van der Waals surface area (Å²) in [6, 6.07) is 7.54. The Bertz CT molecular complexity index is 466. The topological polar surface area (TPSA) is 44.5 Å². The van der Waals surface area contributed by atoms with Gasteiger partial charge in [0.15, 0.2) is 11.5 Å². The summed E-state index contributed by atoms with van der Waals surface area (Å²) in [5, 5.41) is 3.89. The van der Waals surface area contributed by atoms with Crippen LogP contribution in [0.1, 0.15) is 13.8 Å². The fraction of sp³-hybridized carbons (Fsp3) is 0.308. The number of benzene rings is 1. The first-order valence-electron chi connectivity index (χ1n) is 5.65. The van der Waals surface area contributed by atoms with Crippen LogP contribution in [0.25, 0.3) is 11.3 Å². The first kappa shape index (κ1) is 11.5. The van der Waals surface area contributed by atoms with E-state index in [1.54, 1.807) is 6.26 Å². The number of hydrogen-bond acceptors (Lipinski definition) is 4. The maximum Gasteiger partial charge on any atom is 0.161 e. The van der Waals surface area contributed by atoms with E-state index < -0.39 is 0 Å². The smallest absolute Gasteiger partial charge is 0.161 e. The van der Waals surface area contributed by atoms with Gasteiger partial charge in [-0.05, 0) is 32.0 Å². The van der Waals surface area contributed by atoms with E-state index in [4.69, 9.17) is 14.0 Å². The van der Waals surface area contributed by atoms with Crippen LogP contribution in [-0.4, -0.2) is 18.4 Å². The molecular formula is C13H15NO3. The van der Waals surface area contributed by atoms with Crippen molar-refractivity contribution in [2.45, 2.75) is 13.8 Å². The number of aromatic nitrogens is 1. The van der Waals surface area contributed by atoms with Crippen molar-refractivity contribution in [3.05, 3.63) is 30.5 Å². The van der Waals surface area contributed by atoms with E-state index in [1.165, 1.54) is 0 Å². The van der Waals surface area contributed by atoms with E-state index in [-0.39, 0.29) is 0 Å².